The van der Waals surface area contributed by atoms with E-state index in [2.05, 4.69) is 15.8 Å². The first-order valence-electron chi connectivity index (χ1n) is 9.26. The number of hydrogen-bond acceptors (Lipinski definition) is 6. The van der Waals surface area contributed by atoms with Crippen LogP contribution < -0.4 is 15.5 Å². The second-order valence-electron chi connectivity index (χ2n) is 6.41. The Kier molecular flexibility index (Phi) is 6.99. The van der Waals surface area contributed by atoms with Crippen LogP contribution in [0.25, 0.3) is 0 Å². The zero-order valence-electron chi connectivity index (χ0n) is 15.8. The van der Waals surface area contributed by atoms with Gasteiger partial charge in [-0.3, -0.25) is 14.4 Å². The van der Waals surface area contributed by atoms with E-state index in [0.29, 0.717) is 17.1 Å². The number of hydrazone groups is 1. The second kappa shape index (κ2) is 10.1. The van der Waals surface area contributed by atoms with E-state index in [1.54, 1.807) is 41.3 Å². The molecule has 0 atom stereocenters. The van der Waals surface area contributed by atoms with Crippen molar-refractivity contribution in [3.8, 4) is 5.75 Å². The molecule has 1 aliphatic rings. The maximum Gasteiger partial charge on any atom is 0.329 e. The molecule has 0 radical (unpaired) electrons. The standard InChI is InChI=1S/C20H22N4O5/c25-18(24-9-1-2-10-24)14-29-16-7-5-15(6-8-16)12-22-23-20(27)19(26)21-13-17-4-3-11-28-17/h3-8,11-12H,1-2,9-10,13-14H2,(H,21,26)(H,23,27)/b22-12+. The van der Waals surface area contributed by atoms with Crippen molar-refractivity contribution in [2.75, 3.05) is 19.7 Å². The average molecular weight is 398 g/mol. The van der Waals surface area contributed by atoms with Crippen molar-refractivity contribution >= 4 is 23.9 Å². The van der Waals surface area contributed by atoms with Crippen LogP contribution in [-0.4, -0.2) is 48.5 Å². The Morgan fingerprint density at radius 3 is 2.55 bits per heavy atom. The van der Waals surface area contributed by atoms with Crippen LogP contribution in [0.4, 0.5) is 0 Å². The minimum absolute atomic E-state index is 0.0105. The molecule has 2 aromatic rings. The Morgan fingerprint density at radius 2 is 1.86 bits per heavy atom. The number of nitrogens with zero attached hydrogens (tertiary/aromatic N) is 2. The number of ether oxygens (including phenoxy) is 1. The van der Waals surface area contributed by atoms with E-state index in [-0.39, 0.29) is 19.1 Å². The van der Waals surface area contributed by atoms with Crippen LogP contribution in [0.1, 0.15) is 24.2 Å². The monoisotopic (exact) mass is 398 g/mol. The summed E-state index contributed by atoms with van der Waals surface area (Å²) in [7, 11) is 0. The van der Waals surface area contributed by atoms with Gasteiger partial charge in [0.15, 0.2) is 6.61 Å². The zero-order chi connectivity index (χ0) is 20.5. The van der Waals surface area contributed by atoms with Crippen molar-refractivity contribution < 1.29 is 23.5 Å². The van der Waals surface area contributed by atoms with Gasteiger partial charge in [0.2, 0.25) is 0 Å². The van der Waals surface area contributed by atoms with Crippen LogP contribution in [0.15, 0.2) is 52.2 Å². The molecule has 0 spiro atoms. The van der Waals surface area contributed by atoms with E-state index in [9.17, 15) is 14.4 Å². The molecule has 9 heteroatoms. The number of benzene rings is 1. The molecule has 0 unspecified atom stereocenters. The van der Waals surface area contributed by atoms with Crippen LogP contribution in [0.5, 0.6) is 5.75 Å². The number of furan rings is 1. The molecule has 3 rings (SSSR count). The van der Waals surface area contributed by atoms with Gasteiger partial charge in [0.05, 0.1) is 19.0 Å². The third-order valence-corrected chi connectivity index (χ3v) is 4.29. The molecular weight excluding hydrogens is 376 g/mol. The topological polar surface area (TPSA) is 113 Å². The highest BCUT2D eigenvalue weighted by Gasteiger charge is 2.18. The Hall–Kier alpha value is -3.62. The summed E-state index contributed by atoms with van der Waals surface area (Å²) in [4.78, 5) is 37.1. The van der Waals surface area contributed by atoms with E-state index in [0.717, 1.165) is 25.9 Å². The van der Waals surface area contributed by atoms with Gasteiger partial charge in [0, 0.05) is 13.1 Å². The summed E-state index contributed by atoms with van der Waals surface area (Å²) < 4.78 is 10.6. The molecular formula is C20H22N4O5. The summed E-state index contributed by atoms with van der Waals surface area (Å²) in [5.74, 6) is -0.602. The van der Waals surface area contributed by atoms with Gasteiger partial charge in [-0.05, 0) is 54.8 Å². The molecule has 1 aromatic heterocycles. The lowest BCUT2D eigenvalue weighted by Gasteiger charge is -2.15. The Balaban J connectivity index is 1.39. The van der Waals surface area contributed by atoms with E-state index >= 15 is 0 Å². The number of carbonyl (C=O) groups is 3. The van der Waals surface area contributed by atoms with Crippen LogP contribution in [-0.2, 0) is 20.9 Å². The Labute approximate surface area is 167 Å². The highest BCUT2D eigenvalue weighted by Crippen LogP contribution is 2.12. The van der Waals surface area contributed by atoms with Gasteiger partial charge in [-0.15, -0.1) is 0 Å². The van der Waals surface area contributed by atoms with Gasteiger partial charge >= 0.3 is 11.8 Å². The molecule has 1 aliphatic heterocycles. The molecule has 1 saturated heterocycles. The molecule has 9 nitrogen and oxygen atoms in total. The number of rotatable bonds is 7. The van der Waals surface area contributed by atoms with Crippen LogP contribution >= 0.6 is 0 Å². The largest absolute Gasteiger partial charge is 0.484 e. The normalized spacial score (nSPS) is 13.4. The second-order valence-corrected chi connectivity index (χ2v) is 6.41. The quantitative estimate of drug-likeness (QED) is 0.411. The summed E-state index contributed by atoms with van der Waals surface area (Å²) >= 11 is 0. The molecule has 2 heterocycles. The van der Waals surface area contributed by atoms with Crippen molar-refractivity contribution in [2.45, 2.75) is 19.4 Å². The molecule has 152 valence electrons. The smallest absolute Gasteiger partial charge is 0.329 e. The summed E-state index contributed by atoms with van der Waals surface area (Å²) in [6.45, 7) is 1.72. The van der Waals surface area contributed by atoms with Gasteiger partial charge in [-0.2, -0.15) is 5.10 Å². The first-order valence-corrected chi connectivity index (χ1v) is 9.26. The maximum atomic E-state index is 12.0. The predicted octanol–water partition coefficient (Wildman–Crippen LogP) is 1.05. The molecule has 0 bridgehead atoms. The summed E-state index contributed by atoms with van der Waals surface area (Å²) in [5.41, 5.74) is 2.85. The van der Waals surface area contributed by atoms with Crippen LogP contribution in [0.3, 0.4) is 0 Å². The van der Waals surface area contributed by atoms with Crippen molar-refractivity contribution in [1.82, 2.24) is 15.6 Å². The Bertz CT molecular complexity index is 856. The summed E-state index contributed by atoms with van der Waals surface area (Å²) in [5, 5.41) is 6.17. The fourth-order valence-electron chi connectivity index (χ4n) is 2.73. The minimum Gasteiger partial charge on any atom is -0.484 e. The van der Waals surface area contributed by atoms with Gasteiger partial charge in [0.1, 0.15) is 11.5 Å². The molecule has 0 aliphatic carbocycles. The number of nitrogens with one attached hydrogen (secondary N) is 2. The molecule has 29 heavy (non-hydrogen) atoms. The third kappa shape index (κ3) is 6.20. The molecule has 2 N–H and O–H groups in total. The zero-order valence-corrected chi connectivity index (χ0v) is 15.8. The number of amides is 3. The van der Waals surface area contributed by atoms with Crippen molar-refractivity contribution in [2.24, 2.45) is 5.10 Å². The average Bonchev–Trinajstić information content (AvgIpc) is 3.45. The van der Waals surface area contributed by atoms with E-state index in [1.165, 1.54) is 12.5 Å². The van der Waals surface area contributed by atoms with E-state index < -0.39 is 11.8 Å². The lowest BCUT2D eigenvalue weighted by Crippen LogP contribution is -2.37. The highest BCUT2D eigenvalue weighted by molar-refractivity contribution is 6.35. The van der Waals surface area contributed by atoms with Gasteiger partial charge < -0.3 is 19.4 Å². The van der Waals surface area contributed by atoms with Gasteiger partial charge in [-0.1, -0.05) is 0 Å². The molecule has 1 aromatic carbocycles. The highest BCUT2D eigenvalue weighted by atomic mass is 16.5. The van der Waals surface area contributed by atoms with Crippen molar-refractivity contribution in [1.29, 1.82) is 0 Å². The van der Waals surface area contributed by atoms with E-state index in [4.69, 9.17) is 9.15 Å². The third-order valence-electron chi connectivity index (χ3n) is 4.29. The molecule has 0 saturated carbocycles. The molecule has 1 fully saturated rings. The molecule has 3 amide bonds. The first kappa shape index (κ1) is 20.1. The predicted molar refractivity (Wildman–Crippen MR) is 104 cm³/mol. The van der Waals surface area contributed by atoms with Crippen LogP contribution in [0, 0.1) is 0 Å². The maximum absolute atomic E-state index is 12.0. The van der Waals surface area contributed by atoms with Gasteiger partial charge in [0.25, 0.3) is 5.91 Å². The fraction of sp³-hybridized carbons (Fsp3) is 0.300. The number of hydrogen-bond donors (Lipinski definition) is 2. The summed E-state index contributed by atoms with van der Waals surface area (Å²) in [6, 6.07) is 10.2. The fourth-order valence-corrected chi connectivity index (χ4v) is 2.73. The lowest BCUT2D eigenvalue weighted by atomic mass is 10.2. The van der Waals surface area contributed by atoms with Gasteiger partial charge in [-0.25, -0.2) is 5.43 Å². The van der Waals surface area contributed by atoms with Crippen molar-refractivity contribution in [3.63, 3.8) is 0 Å². The lowest BCUT2D eigenvalue weighted by molar-refractivity contribution is -0.139. The SMILES string of the molecule is O=C(NCc1ccco1)C(=O)N/N=C/c1ccc(OCC(=O)N2CCCC2)cc1. The van der Waals surface area contributed by atoms with E-state index in [1.807, 2.05) is 0 Å². The van der Waals surface area contributed by atoms with Crippen LogP contribution in [0.2, 0.25) is 0 Å². The first-order chi connectivity index (χ1) is 14.1. The summed E-state index contributed by atoms with van der Waals surface area (Å²) in [6.07, 6.45) is 4.97. The number of likely N-dealkylation sites (tertiary alicyclic amines) is 1. The Morgan fingerprint density at radius 1 is 1.10 bits per heavy atom. The van der Waals surface area contributed by atoms with Crippen molar-refractivity contribution in [3.05, 3.63) is 54.0 Å². The number of carbonyl (C=O) groups excluding carboxylic acids is 3. The minimum atomic E-state index is -0.881.